The number of nitrogens with zero attached hydrogens (tertiary/aromatic N) is 1. The Kier molecular flexibility index (Phi) is 5.01. The lowest BCUT2D eigenvalue weighted by atomic mass is 10.1. The Balaban J connectivity index is 1.50. The number of piperidine rings is 1. The van der Waals surface area contributed by atoms with Crippen molar-refractivity contribution >= 4 is 0 Å². The van der Waals surface area contributed by atoms with Crippen LogP contribution < -0.4 is 4.74 Å². The summed E-state index contributed by atoms with van der Waals surface area (Å²) in [6.07, 6.45) is 4.04. The normalized spacial score (nSPS) is 25.3. The zero-order chi connectivity index (χ0) is 15.4. The van der Waals surface area contributed by atoms with E-state index in [2.05, 4.69) is 23.1 Å². The molecule has 0 aliphatic carbocycles. The summed E-state index contributed by atoms with van der Waals surface area (Å²) < 4.78 is 17.2. The van der Waals surface area contributed by atoms with Gasteiger partial charge in [-0.25, -0.2) is 0 Å². The molecule has 4 heteroatoms. The molecule has 4 nitrogen and oxygen atoms in total. The fourth-order valence-electron chi connectivity index (χ4n) is 3.14. The summed E-state index contributed by atoms with van der Waals surface area (Å²) in [5.74, 6) is 0.437. The molecular weight excluding hydrogens is 278 g/mol. The molecule has 2 fully saturated rings. The molecular formula is C18H27NO3. The lowest BCUT2D eigenvalue weighted by molar-refractivity contribution is -0.141. The Morgan fingerprint density at radius 3 is 2.77 bits per heavy atom. The van der Waals surface area contributed by atoms with Gasteiger partial charge in [0.15, 0.2) is 5.79 Å². The summed E-state index contributed by atoms with van der Waals surface area (Å²) in [5, 5.41) is 0. The number of hydrogen-bond acceptors (Lipinski definition) is 4. The molecule has 0 spiro atoms. The second kappa shape index (κ2) is 6.99. The van der Waals surface area contributed by atoms with Crippen LogP contribution in [-0.4, -0.2) is 43.1 Å². The highest BCUT2D eigenvalue weighted by atomic mass is 16.7. The Bertz CT molecular complexity index is 483. The summed E-state index contributed by atoms with van der Waals surface area (Å²) in [6, 6.07) is 8.42. The van der Waals surface area contributed by atoms with Gasteiger partial charge >= 0.3 is 0 Å². The van der Waals surface area contributed by atoms with Crippen LogP contribution in [0.5, 0.6) is 5.75 Å². The first-order chi connectivity index (χ1) is 10.6. The second-order valence-electron chi connectivity index (χ2n) is 6.75. The number of likely N-dealkylation sites (tertiary alicyclic amines) is 1. The average Bonchev–Trinajstić information content (AvgIpc) is 2.86. The minimum absolute atomic E-state index is 0.0146. The lowest BCUT2D eigenvalue weighted by Gasteiger charge is -2.26. The fourth-order valence-corrected chi connectivity index (χ4v) is 3.14. The maximum absolute atomic E-state index is 5.89. The van der Waals surface area contributed by atoms with E-state index in [1.165, 1.54) is 37.9 Å². The van der Waals surface area contributed by atoms with Crippen molar-refractivity contribution in [2.75, 3.05) is 26.3 Å². The van der Waals surface area contributed by atoms with Crippen molar-refractivity contribution in [2.24, 2.45) is 0 Å². The molecule has 2 aliphatic heterocycles. The largest absolute Gasteiger partial charge is 0.491 e. The molecule has 1 aromatic carbocycles. The predicted molar refractivity (Wildman–Crippen MR) is 86.0 cm³/mol. The summed E-state index contributed by atoms with van der Waals surface area (Å²) in [7, 11) is 0. The molecule has 0 saturated carbocycles. The standard InChI is InChI=1S/C18H27NO3/c1-18(2)21-14-17(22-18)13-20-16-8-6-7-15(11-16)12-19-9-4-3-5-10-19/h6-8,11,17H,3-5,9-10,12-14H2,1-2H3. The van der Waals surface area contributed by atoms with Gasteiger partial charge in [0, 0.05) is 6.54 Å². The quantitative estimate of drug-likeness (QED) is 0.836. The zero-order valence-corrected chi connectivity index (χ0v) is 13.7. The van der Waals surface area contributed by atoms with Gasteiger partial charge in [-0.2, -0.15) is 0 Å². The van der Waals surface area contributed by atoms with Crippen LogP contribution >= 0.6 is 0 Å². The van der Waals surface area contributed by atoms with Crippen molar-refractivity contribution in [3.05, 3.63) is 29.8 Å². The molecule has 0 amide bonds. The van der Waals surface area contributed by atoms with Crippen LogP contribution in [-0.2, 0) is 16.0 Å². The summed E-state index contributed by atoms with van der Waals surface area (Å²) >= 11 is 0. The van der Waals surface area contributed by atoms with Crippen LogP contribution in [0.4, 0.5) is 0 Å². The van der Waals surface area contributed by atoms with E-state index in [9.17, 15) is 0 Å². The molecule has 22 heavy (non-hydrogen) atoms. The molecule has 0 radical (unpaired) electrons. The molecule has 0 N–H and O–H groups in total. The Morgan fingerprint density at radius 2 is 2.05 bits per heavy atom. The van der Waals surface area contributed by atoms with Gasteiger partial charge in [0.1, 0.15) is 18.5 Å². The molecule has 1 aromatic rings. The first-order valence-electron chi connectivity index (χ1n) is 8.37. The predicted octanol–water partition coefficient (Wildman–Crippen LogP) is 3.20. The third-order valence-electron chi connectivity index (χ3n) is 4.26. The maximum atomic E-state index is 5.89. The van der Waals surface area contributed by atoms with Crippen molar-refractivity contribution in [3.63, 3.8) is 0 Å². The minimum atomic E-state index is -0.482. The van der Waals surface area contributed by atoms with E-state index in [-0.39, 0.29) is 6.10 Å². The van der Waals surface area contributed by atoms with Crippen molar-refractivity contribution in [2.45, 2.75) is 51.5 Å². The average molecular weight is 305 g/mol. The van der Waals surface area contributed by atoms with Gasteiger partial charge in [0.05, 0.1) is 6.61 Å². The van der Waals surface area contributed by atoms with E-state index in [1.54, 1.807) is 0 Å². The van der Waals surface area contributed by atoms with Gasteiger partial charge in [0.2, 0.25) is 0 Å². The molecule has 2 aliphatic rings. The molecule has 2 saturated heterocycles. The van der Waals surface area contributed by atoms with Crippen LogP contribution in [0.1, 0.15) is 38.7 Å². The zero-order valence-electron chi connectivity index (χ0n) is 13.7. The highest BCUT2D eigenvalue weighted by Crippen LogP contribution is 2.23. The van der Waals surface area contributed by atoms with E-state index in [4.69, 9.17) is 14.2 Å². The lowest BCUT2D eigenvalue weighted by Crippen LogP contribution is -2.29. The van der Waals surface area contributed by atoms with Crippen LogP contribution in [0.2, 0.25) is 0 Å². The fraction of sp³-hybridized carbons (Fsp3) is 0.667. The first-order valence-corrected chi connectivity index (χ1v) is 8.37. The van der Waals surface area contributed by atoms with Gasteiger partial charge in [0.25, 0.3) is 0 Å². The van der Waals surface area contributed by atoms with E-state index in [1.807, 2.05) is 19.9 Å². The number of rotatable bonds is 5. The number of hydrogen-bond donors (Lipinski definition) is 0. The molecule has 1 atom stereocenters. The first kappa shape index (κ1) is 15.8. The third kappa shape index (κ3) is 4.45. The molecule has 1 unspecified atom stereocenters. The van der Waals surface area contributed by atoms with E-state index >= 15 is 0 Å². The highest BCUT2D eigenvalue weighted by Gasteiger charge is 2.32. The van der Waals surface area contributed by atoms with Crippen LogP contribution in [0.3, 0.4) is 0 Å². The van der Waals surface area contributed by atoms with Crippen LogP contribution in [0, 0.1) is 0 Å². The van der Waals surface area contributed by atoms with Gasteiger partial charge in [-0.15, -0.1) is 0 Å². The molecule has 3 rings (SSSR count). The number of benzene rings is 1. The van der Waals surface area contributed by atoms with Crippen molar-refractivity contribution in [1.82, 2.24) is 4.90 Å². The van der Waals surface area contributed by atoms with Crippen molar-refractivity contribution in [1.29, 1.82) is 0 Å². The summed E-state index contributed by atoms with van der Waals surface area (Å²) in [5.41, 5.74) is 1.32. The van der Waals surface area contributed by atoms with Gasteiger partial charge in [-0.3, -0.25) is 4.90 Å². The Labute approximate surface area is 133 Å². The van der Waals surface area contributed by atoms with Crippen LogP contribution in [0.15, 0.2) is 24.3 Å². The third-order valence-corrected chi connectivity index (χ3v) is 4.26. The SMILES string of the molecule is CC1(C)OCC(COc2cccc(CN3CCCCC3)c2)O1. The molecule has 0 bridgehead atoms. The summed E-state index contributed by atoms with van der Waals surface area (Å²) in [6.45, 7) is 8.46. The molecule has 0 aromatic heterocycles. The van der Waals surface area contributed by atoms with Gasteiger partial charge < -0.3 is 14.2 Å². The Hall–Kier alpha value is -1.10. The van der Waals surface area contributed by atoms with Crippen molar-refractivity contribution < 1.29 is 14.2 Å². The molecule has 122 valence electrons. The van der Waals surface area contributed by atoms with E-state index in [0.29, 0.717) is 13.2 Å². The smallest absolute Gasteiger partial charge is 0.163 e. The number of ether oxygens (including phenoxy) is 3. The van der Waals surface area contributed by atoms with Crippen molar-refractivity contribution in [3.8, 4) is 5.75 Å². The Morgan fingerprint density at radius 1 is 1.23 bits per heavy atom. The maximum Gasteiger partial charge on any atom is 0.163 e. The highest BCUT2D eigenvalue weighted by molar-refractivity contribution is 5.28. The molecule has 2 heterocycles. The summed E-state index contributed by atoms with van der Waals surface area (Å²) in [4.78, 5) is 2.53. The van der Waals surface area contributed by atoms with Gasteiger partial charge in [-0.05, 0) is 57.5 Å². The monoisotopic (exact) mass is 305 g/mol. The topological polar surface area (TPSA) is 30.9 Å². The van der Waals surface area contributed by atoms with Crippen LogP contribution in [0.25, 0.3) is 0 Å². The van der Waals surface area contributed by atoms with Gasteiger partial charge in [-0.1, -0.05) is 18.6 Å². The van der Waals surface area contributed by atoms with E-state index < -0.39 is 5.79 Å². The second-order valence-corrected chi connectivity index (χ2v) is 6.75. The minimum Gasteiger partial charge on any atom is -0.491 e. The van der Waals surface area contributed by atoms with E-state index in [0.717, 1.165) is 12.3 Å².